The van der Waals surface area contributed by atoms with E-state index in [1.807, 2.05) is 80.6 Å². The summed E-state index contributed by atoms with van der Waals surface area (Å²) in [6.45, 7) is 4.00. The van der Waals surface area contributed by atoms with Crippen LogP contribution in [0.4, 0.5) is 0 Å². The molecule has 9 aromatic carbocycles. The summed E-state index contributed by atoms with van der Waals surface area (Å²) in [5, 5.41) is 9.04. The Morgan fingerprint density at radius 2 is 0.921 bits per heavy atom. The lowest BCUT2D eigenvalue weighted by atomic mass is 9.99. The highest BCUT2D eigenvalue weighted by atomic mass is 16.3. The Morgan fingerprint density at radius 3 is 1.70 bits per heavy atom. The Labute approximate surface area is 362 Å². The molecular formula is C57H38N4O2. The Hall–Kier alpha value is -8.35. The SMILES string of the molecule is CC.c1ccc(-c2nc(-c3cccc(-n4c5cc6ccccc6cc5c5cccc(-c6cccc7c6oc6ccccc67)c54)c3)nc(-c3ccc4c(c3)oc3ccccc34)n2)cc1. The first-order valence-corrected chi connectivity index (χ1v) is 21.4. The van der Waals surface area contributed by atoms with Gasteiger partial charge in [0.25, 0.3) is 0 Å². The second-order valence-corrected chi connectivity index (χ2v) is 15.6. The number of furan rings is 2. The van der Waals surface area contributed by atoms with Crippen LogP contribution in [0.25, 0.3) is 127 Å². The minimum atomic E-state index is 0.571. The number of hydrogen-bond acceptors (Lipinski definition) is 5. The Bertz CT molecular complexity index is 3900. The maximum absolute atomic E-state index is 6.64. The van der Waals surface area contributed by atoms with Crippen LogP contribution in [0, 0.1) is 0 Å². The van der Waals surface area contributed by atoms with Crippen molar-refractivity contribution in [3.05, 3.63) is 194 Å². The molecular weight excluding hydrogens is 773 g/mol. The molecule has 63 heavy (non-hydrogen) atoms. The molecule has 0 aliphatic rings. The van der Waals surface area contributed by atoms with Crippen molar-refractivity contribution in [1.82, 2.24) is 19.5 Å². The third-order valence-corrected chi connectivity index (χ3v) is 12.0. The molecule has 0 aliphatic heterocycles. The molecule has 13 aromatic rings. The van der Waals surface area contributed by atoms with Gasteiger partial charge in [0, 0.05) is 65.8 Å². The summed E-state index contributed by atoms with van der Waals surface area (Å²) in [5.74, 6) is 1.75. The van der Waals surface area contributed by atoms with E-state index in [1.165, 1.54) is 16.2 Å². The van der Waals surface area contributed by atoms with Crippen LogP contribution in [0.2, 0.25) is 0 Å². The van der Waals surface area contributed by atoms with Gasteiger partial charge < -0.3 is 13.4 Å². The van der Waals surface area contributed by atoms with Crippen molar-refractivity contribution in [2.24, 2.45) is 0 Å². The summed E-state index contributed by atoms with van der Waals surface area (Å²) in [6, 6.07) is 67.5. The number of para-hydroxylation sites is 4. The van der Waals surface area contributed by atoms with Crippen molar-refractivity contribution in [2.45, 2.75) is 13.8 Å². The molecule has 0 saturated heterocycles. The van der Waals surface area contributed by atoms with E-state index < -0.39 is 0 Å². The number of aromatic nitrogens is 4. The quantitative estimate of drug-likeness (QED) is 0.173. The summed E-state index contributed by atoms with van der Waals surface area (Å²) in [5.41, 5.74) is 11.3. The van der Waals surface area contributed by atoms with Gasteiger partial charge in [-0.3, -0.25) is 0 Å². The zero-order valence-corrected chi connectivity index (χ0v) is 34.6. The smallest absolute Gasteiger partial charge is 0.164 e. The molecule has 298 valence electrons. The van der Waals surface area contributed by atoms with Crippen LogP contribution in [-0.4, -0.2) is 19.5 Å². The van der Waals surface area contributed by atoms with Crippen LogP contribution < -0.4 is 0 Å². The van der Waals surface area contributed by atoms with E-state index in [2.05, 4.69) is 132 Å². The van der Waals surface area contributed by atoms with Gasteiger partial charge in [-0.25, -0.2) is 15.0 Å². The van der Waals surface area contributed by atoms with Gasteiger partial charge in [0.2, 0.25) is 0 Å². The highest BCUT2D eigenvalue weighted by Gasteiger charge is 2.22. The summed E-state index contributed by atoms with van der Waals surface area (Å²) in [6.07, 6.45) is 0. The number of nitrogens with zero attached hydrogens (tertiary/aromatic N) is 4. The van der Waals surface area contributed by atoms with Gasteiger partial charge >= 0.3 is 0 Å². The highest BCUT2D eigenvalue weighted by molar-refractivity contribution is 6.19. The number of hydrogen-bond donors (Lipinski definition) is 0. The topological polar surface area (TPSA) is 69.9 Å². The number of rotatable bonds is 5. The number of benzene rings is 9. The van der Waals surface area contributed by atoms with Crippen molar-refractivity contribution in [2.75, 3.05) is 0 Å². The minimum Gasteiger partial charge on any atom is -0.456 e. The molecule has 0 saturated carbocycles. The molecule has 0 N–H and O–H groups in total. The van der Waals surface area contributed by atoms with E-state index >= 15 is 0 Å². The van der Waals surface area contributed by atoms with Gasteiger partial charge in [0.1, 0.15) is 22.3 Å². The minimum absolute atomic E-state index is 0.571. The average molecular weight is 811 g/mol. The number of fused-ring (bicyclic) bond motifs is 10. The molecule has 0 amide bonds. The molecule has 0 fully saturated rings. The fourth-order valence-corrected chi connectivity index (χ4v) is 9.20. The largest absolute Gasteiger partial charge is 0.456 e. The van der Waals surface area contributed by atoms with Gasteiger partial charge in [-0.15, -0.1) is 0 Å². The molecule has 0 aliphatic carbocycles. The van der Waals surface area contributed by atoms with E-state index in [-0.39, 0.29) is 0 Å². The van der Waals surface area contributed by atoms with Gasteiger partial charge in [0.05, 0.1) is 11.0 Å². The van der Waals surface area contributed by atoms with Crippen molar-refractivity contribution < 1.29 is 8.83 Å². The second-order valence-electron chi connectivity index (χ2n) is 15.6. The average Bonchev–Trinajstić information content (AvgIpc) is 4.03. The van der Waals surface area contributed by atoms with Gasteiger partial charge in [-0.05, 0) is 59.3 Å². The van der Waals surface area contributed by atoms with Crippen molar-refractivity contribution in [1.29, 1.82) is 0 Å². The lowest BCUT2D eigenvalue weighted by Crippen LogP contribution is -2.01. The molecule has 0 radical (unpaired) electrons. The van der Waals surface area contributed by atoms with E-state index in [4.69, 9.17) is 23.8 Å². The third kappa shape index (κ3) is 5.91. The Morgan fingerprint density at radius 1 is 0.365 bits per heavy atom. The van der Waals surface area contributed by atoms with Crippen molar-refractivity contribution >= 4 is 76.5 Å². The molecule has 6 heteroatoms. The van der Waals surface area contributed by atoms with Crippen LogP contribution >= 0.6 is 0 Å². The second kappa shape index (κ2) is 14.7. The molecule has 6 nitrogen and oxygen atoms in total. The first kappa shape index (κ1) is 36.5. The fourth-order valence-electron chi connectivity index (χ4n) is 9.20. The zero-order valence-electron chi connectivity index (χ0n) is 34.6. The predicted molar refractivity (Wildman–Crippen MR) is 259 cm³/mol. The van der Waals surface area contributed by atoms with Gasteiger partial charge in [-0.1, -0.05) is 159 Å². The summed E-state index contributed by atoms with van der Waals surface area (Å²) in [4.78, 5) is 15.4. The maximum Gasteiger partial charge on any atom is 0.164 e. The summed E-state index contributed by atoms with van der Waals surface area (Å²) in [7, 11) is 0. The summed E-state index contributed by atoms with van der Waals surface area (Å²) >= 11 is 0. The van der Waals surface area contributed by atoms with Crippen LogP contribution in [0.1, 0.15) is 13.8 Å². The molecule has 4 aromatic heterocycles. The molecule has 4 heterocycles. The van der Waals surface area contributed by atoms with Crippen molar-refractivity contribution in [3.8, 4) is 51.0 Å². The summed E-state index contributed by atoms with van der Waals surface area (Å²) < 4.78 is 15.3. The molecule has 0 bridgehead atoms. The predicted octanol–water partition coefficient (Wildman–Crippen LogP) is 15.6. The lowest BCUT2D eigenvalue weighted by molar-refractivity contribution is 0.669. The molecule has 0 atom stereocenters. The van der Waals surface area contributed by atoms with Crippen LogP contribution in [0.15, 0.2) is 203 Å². The first-order chi connectivity index (χ1) is 31.2. The van der Waals surface area contributed by atoms with Crippen LogP contribution in [-0.2, 0) is 0 Å². The highest BCUT2D eigenvalue weighted by Crippen LogP contribution is 2.43. The van der Waals surface area contributed by atoms with E-state index in [1.54, 1.807) is 0 Å². The molecule has 0 unspecified atom stereocenters. The Kier molecular flexibility index (Phi) is 8.50. The van der Waals surface area contributed by atoms with Crippen LogP contribution in [0.3, 0.4) is 0 Å². The van der Waals surface area contributed by atoms with E-state index in [0.29, 0.717) is 17.5 Å². The monoisotopic (exact) mass is 810 g/mol. The normalized spacial score (nSPS) is 11.7. The third-order valence-electron chi connectivity index (χ3n) is 12.0. The Balaban J connectivity index is 0.00000208. The van der Waals surface area contributed by atoms with E-state index in [9.17, 15) is 0 Å². The fraction of sp³-hybridized carbons (Fsp3) is 0.0351. The first-order valence-electron chi connectivity index (χ1n) is 21.4. The lowest BCUT2D eigenvalue weighted by Gasteiger charge is -2.14. The van der Waals surface area contributed by atoms with E-state index in [0.717, 1.165) is 93.8 Å². The van der Waals surface area contributed by atoms with Gasteiger partial charge in [0.15, 0.2) is 17.5 Å². The maximum atomic E-state index is 6.64. The molecule has 0 spiro atoms. The zero-order chi connectivity index (χ0) is 42.0. The van der Waals surface area contributed by atoms with Crippen LogP contribution in [0.5, 0.6) is 0 Å². The molecule has 13 rings (SSSR count). The standard InChI is InChI=1S/C55H32N4O2.C2H6/c1-2-13-33(14-3-1)53-56-54(58-55(57-53)37-27-28-41-39-19-6-8-25-48(39)60-50(41)32-37)36-17-10-18-38(29-36)59-47-31-35-16-5-4-15-34(35)30-46(47)43-22-11-21-42(51(43)59)45-24-12-23-44-40-20-7-9-26-49(40)61-52(44)45;1-2/h1-32H;1-2H3. The van der Waals surface area contributed by atoms with Crippen molar-refractivity contribution in [3.63, 3.8) is 0 Å². The van der Waals surface area contributed by atoms with Gasteiger partial charge in [-0.2, -0.15) is 0 Å².